The van der Waals surface area contributed by atoms with Crippen LogP contribution in [0.15, 0.2) is 24.3 Å². The number of amides is 2. The van der Waals surface area contributed by atoms with Crippen molar-refractivity contribution in [2.75, 3.05) is 18.6 Å². The van der Waals surface area contributed by atoms with Gasteiger partial charge in [0.2, 0.25) is 0 Å². The normalized spacial score (nSPS) is 12.3. The number of rotatable bonds is 8. The number of carbonyl (C=O) groups is 3. The van der Waals surface area contributed by atoms with Gasteiger partial charge in [0.1, 0.15) is 6.04 Å². The third kappa shape index (κ3) is 7.17. The first-order valence-corrected chi connectivity index (χ1v) is 9.40. The predicted molar refractivity (Wildman–Crippen MR) is 99.5 cm³/mol. The Bertz CT molecular complexity index is 608. The lowest BCUT2D eigenvalue weighted by Gasteiger charge is -2.20. The molecule has 7 heteroatoms. The number of primary amides is 1. The topological polar surface area (TPSA) is 98.5 Å². The molecule has 0 saturated heterocycles. The van der Waals surface area contributed by atoms with Crippen LogP contribution in [0.25, 0.3) is 0 Å². The quantitative estimate of drug-likeness (QED) is 0.684. The molecule has 1 rings (SSSR count). The van der Waals surface area contributed by atoms with Crippen molar-refractivity contribution >= 4 is 29.5 Å². The summed E-state index contributed by atoms with van der Waals surface area (Å²) in [5.74, 6) is -1.09. The number of benzene rings is 1. The van der Waals surface area contributed by atoms with Gasteiger partial charge in [-0.15, -0.1) is 0 Å². The van der Waals surface area contributed by atoms with E-state index in [1.165, 1.54) is 0 Å². The molecular weight excluding hydrogens is 340 g/mol. The fraction of sp³-hybridized carbons (Fsp3) is 0.500. The van der Waals surface area contributed by atoms with Crippen molar-refractivity contribution in [2.24, 2.45) is 5.73 Å². The predicted octanol–water partition coefficient (Wildman–Crippen LogP) is 1.86. The molecule has 2 amide bonds. The number of hydrogen-bond acceptors (Lipinski definition) is 5. The molecule has 6 nitrogen and oxygen atoms in total. The van der Waals surface area contributed by atoms with Gasteiger partial charge in [-0.1, -0.05) is 32.9 Å². The summed E-state index contributed by atoms with van der Waals surface area (Å²) < 4.78 is 4.83. The molecule has 0 spiro atoms. The molecule has 0 radical (unpaired) electrons. The Kier molecular flexibility index (Phi) is 7.96. The molecule has 0 saturated carbocycles. The van der Waals surface area contributed by atoms with Gasteiger partial charge in [-0.25, -0.2) is 4.79 Å². The first-order valence-electron chi connectivity index (χ1n) is 8.00. The van der Waals surface area contributed by atoms with E-state index in [9.17, 15) is 14.4 Å². The fourth-order valence-electron chi connectivity index (χ4n) is 2.09. The van der Waals surface area contributed by atoms with E-state index in [4.69, 9.17) is 10.5 Å². The highest BCUT2D eigenvalue weighted by molar-refractivity contribution is 7.98. The number of hydrogen-bond donors (Lipinski definition) is 2. The van der Waals surface area contributed by atoms with Gasteiger partial charge in [0, 0.05) is 5.56 Å². The van der Waals surface area contributed by atoms with Crippen molar-refractivity contribution in [3.8, 4) is 0 Å². The Labute approximate surface area is 152 Å². The van der Waals surface area contributed by atoms with E-state index in [-0.39, 0.29) is 11.3 Å². The van der Waals surface area contributed by atoms with Gasteiger partial charge in [-0.3, -0.25) is 9.59 Å². The number of thioether (sulfide) groups is 1. The number of ether oxygens (including phenoxy) is 1. The zero-order chi connectivity index (χ0) is 19.0. The van der Waals surface area contributed by atoms with Crippen molar-refractivity contribution < 1.29 is 19.1 Å². The molecule has 25 heavy (non-hydrogen) atoms. The minimum Gasteiger partial charge on any atom is -0.454 e. The zero-order valence-electron chi connectivity index (χ0n) is 15.1. The van der Waals surface area contributed by atoms with Gasteiger partial charge < -0.3 is 15.8 Å². The summed E-state index contributed by atoms with van der Waals surface area (Å²) in [6.45, 7) is 5.78. The summed E-state index contributed by atoms with van der Waals surface area (Å²) in [5, 5.41) is 2.67. The Morgan fingerprint density at radius 1 is 1.20 bits per heavy atom. The number of nitrogens with one attached hydrogen (secondary N) is 1. The van der Waals surface area contributed by atoms with Gasteiger partial charge in [-0.05, 0) is 41.5 Å². The monoisotopic (exact) mass is 366 g/mol. The van der Waals surface area contributed by atoms with E-state index < -0.39 is 24.5 Å². The molecule has 0 heterocycles. The van der Waals surface area contributed by atoms with Gasteiger partial charge in [0.25, 0.3) is 11.8 Å². The summed E-state index contributed by atoms with van der Waals surface area (Å²) in [7, 11) is 0. The highest BCUT2D eigenvalue weighted by Crippen LogP contribution is 2.22. The fourth-order valence-corrected chi connectivity index (χ4v) is 2.56. The largest absolute Gasteiger partial charge is 0.454 e. The van der Waals surface area contributed by atoms with E-state index in [2.05, 4.69) is 26.1 Å². The second kappa shape index (κ2) is 9.46. The highest BCUT2D eigenvalue weighted by atomic mass is 32.2. The molecule has 1 aromatic carbocycles. The first kappa shape index (κ1) is 21.0. The minimum absolute atomic E-state index is 0.00550. The molecule has 0 aliphatic carbocycles. The SMILES string of the molecule is CSCC[C@@H](NC(=O)c1ccc(C(C)(C)C)cc1)C(=O)OCC(N)=O. The molecule has 0 aliphatic heterocycles. The van der Waals surface area contributed by atoms with E-state index in [1.54, 1.807) is 23.9 Å². The number of esters is 1. The first-order chi connectivity index (χ1) is 11.6. The van der Waals surface area contributed by atoms with Crippen molar-refractivity contribution in [1.29, 1.82) is 0 Å². The third-order valence-corrected chi connectivity index (χ3v) is 4.21. The maximum absolute atomic E-state index is 12.4. The van der Waals surface area contributed by atoms with Crippen LogP contribution in [0.3, 0.4) is 0 Å². The summed E-state index contributed by atoms with van der Waals surface area (Å²) in [6, 6.07) is 6.45. The Balaban J connectivity index is 2.79. The van der Waals surface area contributed by atoms with Gasteiger partial charge >= 0.3 is 5.97 Å². The van der Waals surface area contributed by atoms with Crippen LogP contribution in [0, 0.1) is 0 Å². The van der Waals surface area contributed by atoms with Crippen LogP contribution >= 0.6 is 11.8 Å². The molecule has 0 aliphatic rings. The average molecular weight is 366 g/mol. The maximum atomic E-state index is 12.4. The zero-order valence-corrected chi connectivity index (χ0v) is 15.9. The summed E-state index contributed by atoms with van der Waals surface area (Å²) in [5.41, 5.74) is 6.55. The lowest BCUT2D eigenvalue weighted by atomic mass is 9.86. The smallest absolute Gasteiger partial charge is 0.329 e. The third-order valence-electron chi connectivity index (χ3n) is 3.57. The van der Waals surface area contributed by atoms with E-state index in [1.807, 2.05) is 18.4 Å². The van der Waals surface area contributed by atoms with Crippen molar-refractivity contribution in [2.45, 2.75) is 38.6 Å². The Hall–Kier alpha value is -2.02. The summed E-state index contributed by atoms with van der Waals surface area (Å²) in [4.78, 5) is 35.2. The molecule has 1 aromatic rings. The van der Waals surface area contributed by atoms with Crippen LogP contribution in [-0.4, -0.2) is 42.4 Å². The minimum atomic E-state index is -0.818. The van der Waals surface area contributed by atoms with Gasteiger partial charge in [-0.2, -0.15) is 11.8 Å². The van der Waals surface area contributed by atoms with Crippen molar-refractivity contribution in [1.82, 2.24) is 5.32 Å². The standard InChI is InChI=1S/C18H26N2O4S/c1-18(2,3)13-7-5-12(6-8-13)16(22)20-14(9-10-25-4)17(23)24-11-15(19)21/h5-8,14H,9-11H2,1-4H3,(H2,19,21)(H,20,22)/t14-/m1/s1. The molecule has 1 atom stereocenters. The lowest BCUT2D eigenvalue weighted by Crippen LogP contribution is -2.43. The van der Waals surface area contributed by atoms with Crippen LogP contribution in [0.4, 0.5) is 0 Å². The van der Waals surface area contributed by atoms with Gasteiger partial charge in [0.05, 0.1) is 0 Å². The van der Waals surface area contributed by atoms with Gasteiger partial charge in [0.15, 0.2) is 6.61 Å². The van der Waals surface area contributed by atoms with E-state index in [0.717, 1.165) is 5.56 Å². The molecular formula is C18H26N2O4S. The second-order valence-electron chi connectivity index (χ2n) is 6.71. The van der Waals surface area contributed by atoms with Crippen LogP contribution < -0.4 is 11.1 Å². The summed E-state index contributed by atoms with van der Waals surface area (Å²) >= 11 is 1.55. The second-order valence-corrected chi connectivity index (χ2v) is 7.69. The van der Waals surface area contributed by atoms with Crippen molar-refractivity contribution in [3.05, 3.63) is 35.4 Å². The molecule has 3 N–H and O–H groups in total. The molecule has 138 valence electrons. The summed E-state index contributed by atoms with van der Waals surface area (Å²) in [6.07, 6.45) is 2.31. The Morgan fingerprint density at radius 2 is 1.80 bits per heavy atom. The lowest BCUT2D eigenvalue weighted by molar-refractivity contribution is -0.149. The van der Waals surface area contributed by atoms with Crippen LogP contribution in [0.2, 0.25) is 0 Å². The maximum Gasteiger partial charge on any atom is 0.329 e. The molecule has 0 aromatic heterocycles. The Morgan fingerprint density at radius 3 is 2.28 bits per heavy atom. The highest BCUT2D eigenvalue weighted by Gasteiger charge is 2.23. The molecule has 0 unspecified atom stereocenters. The van der Waals surface area contributed by atoms with E-state index >= 15 is 0 Å². The molecule has 0 bridgehead atoms. The molecule has 0 fully saturated rings. The average Bonchev–Trinajstić information content (AvgIpc) is 2.55. The van der Waals surface area contributed by atoms with Crippen LogP contribution in [0.1, 0.15) is 43.1 Å². The van der Waals surface area contributed by atoms with Crippen LogP contribution in [-0.2, 0) is 19.7 Å². The van der Waals surface area contributed by atoms with Crippen molar-refractivity contribution in [3.63, 3.8) is 0 Å². The van der Waals surface area contributed by atoms with E-state index in [0.29, 0.717) is 17.7 Å². The van der Waals surface area contributed by atoms with Crippen LogP contribution in [0.5, 0.6) is 0 Å². The number of nitrogens with two attached hydrogens (primary N) is 1. The number of carbonyl (C=O) groups excluding carboxylic acids is 3.